The fraction of sp³-hybridized carbons (Fsp3) is 0.176. The van der Waals surface area contributed by atoms with E-state index in [1.165, 1.54) is 0 Å². The smallest absolute Gasteiger partial charge is 0.249 e. The number of nitrogens with one attached hydrogen (secondary N) is 1. The number of pyridine rings is 1. The molecule has 1 aromatic carbocycles. The summed E-state index contributed by atoms with van der Waals surface area (Å²) in [7, 11) is 0. The Morgan fingerprint density at radius 1 is 1.09 bits per heavy atom. The van der Waals surface area contributed by atoms with Gasteiger partial charge in [-0.25, -0.2) is 0 Å². The van der Waals surface area contributed by atoms with Crippen LogP contribution in [-0.2, 0) is 17.8 Å². The number of benzene rings is 1. The third kappa shape index (κ3) is 4.23. The number of carbonyl (C=O) groups is 1. The Kier molecular flexibility index (Phi) is 4.73. The highest BCUT2D eigenvalue weighted by Gasteiger charge is 2.09. The first-order valence-corrected chi connectivity index (χ1v) is 7.34. The lowest BCUT2D eigenvalue weighted by molar-refractivity contribution is -0.121. The zero-order valence-electron chi connectivity index (χ0n) is 12.5. The molecule has 23 heavy (non-hydrogen) atoms. The van der Waals surface area contributed by atoms with Crippen LogP contribution in [0.4, 0.5) is 0 Å². The van der Waals surface area contributed by atoms with Crippen LogP contribution in [0.1, 0.15) is 17.9 Å². The molecule has 1 N–H and O–H groups in total. The minimum Gasteiger partial charge on any atom is -0.419 e. The monoisotopic (exact) mass is 308 g/mol. The Labute approximate surface area is 133 Å². The van der Waals surface area contributed by atoms with Gasteiger partial charge in [0.15, 0.2) is 0 Å². The molecule has 0 aliphatic rings. The predicted molar refractivity (Wildman–Crippen MR) is 84.1 cm³/mol. The van der Waals surface area contributed by atoms with E-state index in [9.17, 15) is 4.79 Å². The van der Waals surface area contributed by atoms with Crippen LogP contribution in [-0.4, -0.2) is 21.1 Å². The summed E-state index contributed by atoms with van der Waals surface area (Å²) in [5, 5.41) is 10.7. The third-order valence-corrected chi connectivity index (χ3v) is 3.30. The lowest BCUT2D eigenvalue weighted by Crippen LogP contribution is -2.23. The number of rotatable bonds is 6. The quantitative estimate of drug-likeness (QED) is 0.756. The van der Waals surface area contributed by atoms with Crippen molar-refractivity contribution in [2.75, 3.05) is 0 Å². The Morgan fingerprint density at radius 3 is 2.74 bits per heavy atom. The van der Waals surface area contributed by atoms with Crippen molar-refractivity contribution in [3.05, 3.63) is 66.3 Å². The number of aryl methyl sites for hydroxylation is 1. The summed E-state index contributed by atoms with van der Waals surface area (Å²) in [5.41, 5.74) is 1.89. The molecule has 0 spiro atoms. The van der Waals surface area contributed by atoms with Gasteiger partial charge >= 0.3 is 0 Å². The highest BCUT2D eigenvalue weighted by atomic mass is 16.4. The van der Waals surface area contributed by atoms with Gasteiger partial charge in [-0.05, 0) is 24.1 Å². The van der Waals surface area contributed by atoms with Gasteiger partial charge in [0.2, 0.25) is 17.7 Å². The van der Waals surface area contributed by atoms with Crippen molar-refractivity contribution in [3.63, 3.8) is 0 Å². The van der Waals surface area contributed by atoms with E-state index in [1.807, 2.05) is 36.4 Å². The molecule has 6 heteroatoms. The second-order valence-corrected chi connectivity index (χ2v) is 5.00. The van der Waals surface area contributed by atoms with Gasteiger partial charge in [0.25, 0.3) is 0 Å². The number of hydrogen-bond acceptors (Lipinski definition) is 5. The lowest BCUT2D eigenvalue weighted by atomic mass is 10.1. The summed E-state index contributed by atoms with van der Waals surface area (Å²) in [6.45, 7) is 0.223. The zero-order valence-corrected chi connectivity index (χ0v) is 12.5. The maximum atomic E-state index is 11.9. The molecule has 116 valence electrons. The summed E-state index contributed by atoms with van der Waals surface area (Å²) in [5.74, 6) is 0.721. The minimum absolute atomic E-state index is 0.0463. The van der Waals surface area contributed by atoms with Crippen molar-refractivity contribution < 1.29 is 9.21 Å². The molecule has 0 aliphatic heterocycles. The molecule has 0 bridgehead atoms. The van der Waals surface area contributed by atoms with Crippen molar-refractivity contribution in [1.29, 1.82) is 0 Å². The number of aromatic nitrogens is 3. The topological polar surface area (TPSA) is 80.9 Å². The highest BCUT2D eigenvalue weighted by Crippen LogP contribution is 2.15. The Hall–Kier alpha value is -3.02. The van der Waals surface area contributed by atoms with Crippen LogP contribution in [0.3, 0.4) is 0 Å². The first-order valence-electron chi connectivity index (χ1n) is 7.34. The molecule has 0 fully saturated rings. The van der Waals surface area contributed by atoms with Crippen LogP contribution < -0.4 is 5.32 Å². The summed E-state index contributed by atoms with van der Waals surface area (Å²) in [4.78, 5) is 15.9. The molecule has 2 aromatic heterocycles. The first kappa shape index (κ1) is 14.9. The molecular weight excluding hydrogens is 292 g/mol. The number of nitrogens with zero attached hydrogens (tertiary/aromatic N) is 3. The van der Waals surface area contributed by atoms with E-state index < -0.39 is 0 Å². The fourth-order valence-electron chi connectivity index (χ4n) is 2.10. The van der Waals surface area contributed by atoms with Crippen LogP contribution >= 0.6 is 0 Å². The highest BCUT2D eigenvalue weighted by molar-refractivity contribution is 5.76. The molecule has 0 saturated heterocycles. The van der Waals surface area contributed by atoms with Gasteiger partial charge in [-0.15, -0.1) is 10.2 Å². The Balaban J connectivity index is 1.49. The van der Waals surface area contributed by atoms with Crippen molar-refractivity contribution in [3.8, 4) is 11.5 Å². The maximum absolute atomic E-state index is 11.9. The zero-order chi connectivity index (χ0) is 15.9. The summed E-state index contributed by atoms with van der Waals surface area (Å²) in [6.07, 6.45) is 4.45. The van der Waals surface area contributed by atoms with Gasteiger partial charge in [0.1, 0.15) is 0 Å². The van der Waals surface area contributed by atoms with Gasteiger partial charge < -0.3 is 9.73 Å². The van der Waals surface area contributed by atoms with Crippen LogP contribution in [0, 0.1) is 0 Å². The molecule has 0 saturated carbocycles. The molecular formula is C17H16N4O2. The Morgan fingerprint density at radius 2 is 1.96 bits per heavy atom. The fourth-order valence-corrected chi connectivity index (χ4v) is 2.10. The average molecular weight is 308 g/mol. The summed E-state index contributed by atoms with van der Waals surface area (Å²) < 4.78 is 5.51. The second-order valence-electron chi connectivity index (χ2n) is 5.00. The standard InChI is InChI=1S/C17H16N4O2/c22-15(9-8-13-5-2-1-3-6-13)19-12-16-20-21-17(23-16)14-7-4-10-18-11-14/h1-7,10-11H,8-9,12H2,(H,19,22). The van der Waals surface area contributed by atoms with E-state index in [0.29, 0.717) is 24.6 Å². The molecule has 1 amide bonds. The number of amides is 1. The van der Waals surface area contributed by atoms with Crippen LogP contribution in [0.25, 0.3) is 11.5 Å². The van der Waals surface area contributed by atoms with Crippen molar-refractivity contribution >= 4 is 5.91 Å². The van der Waals surface area contributed by atoms with Crippen LogP contribution in [0.15, 0.2) is 59.3 Å². The van der Waals surface area contributed by atoms with E-state index in [2.05, 4.69) is 20.5 Å². The lowest BCUT2D eigenvalue weighted by Gasteiger charge is -2.02. The molecule has 0 unspecified atom stereocenters. The Bertz CT molecular complexity index is 757. The van der Waals surface area contributed by atoms with Gasteiger partial charge in [0.05, 0.1) is 12.1 Å². The van der Waals surface area contributed by atoms with Crippen LogP contribution in [0.5, 0.6) is 0 Å². The SMILES string of the molecule is O=C(CCc1ccccc1)NCc1nnc(-c2cccnc2)o1. The van der Waals surface area contributed by atoms with E-state index in [-0.39, 0.29) is 12.5 Å². The first-order chi connectivity index (χ1) is 11.3. The molecule has 0 aliphatic carbocycles. The molecule has 3 aromatic rings. The van der Waals surface area contributed by atoms with Gasteiger partial charge in [-0.3, -0.25) is 9.78 Å². The van der Waals surface area contributed by atoms with Gasteiger partial charge in [0, 0.05) is 18.8 Å². The second kappa shape index (κ2) is 7.31. The molecule has 6 nitrogen and oxygen atoms in total. The van der Waals surface area contributed by atoms with Gasteiger partial charge in [-0.1, -0.05) is 30.3 Å². The molecule has 3 rings (SSSR count). The van der Waals surface area contributed by atoms with E-state index in [1.54, 1.807) is 18.5 Å². The number of carbonyl (C=O) groups excluding carboxylic acids is 1. The van der Waals surface area contributed by atoms with Gasteiger partial charge in [-0.2, -0.15) is 0 Å². The van der Waals surface area contributed by atoms with Crippen molar-refractivity contribution in [1.82, 2.24) is 20.5 Å². The summed E-state index contributed by atoms with van der Waals surface area (Å²) >= 11 is 0. The van der Waals surface area contributed by atoms with E-state index in [4.69, 9.17) is 4.42 Å². The maximum Gasteiger partial charge on any atom is 0.249 e. The van der Waals surface area contributed by atoms with Crippen LogP contribution in [0.2, 0.25) is 0 Å². The van der Waals surface area contributed by atoms with E-state index >= 15 is 0 Å². The van der Waals surface area contributed by atoms with Crippen molar-refractivity contribution in [2.24, 2.45) is 0 Å². The predicted octanol–water partition coefficient (Wildman–Crippen LogP) is 2.38. The third-order valence-electron chi connectivity index (χ3n) is 3.30. The van der Waals surface area contributed by atoms with Crippen molar-refractivity contribution in [2.45, 2.75) is 19.4 Å². The van der Waals surface area contributed by atoms with E-state index in [0.717, 1.165) is 11.1 Å². The average Bonchev–Trinajstić information content (AvgIpc) is 3.09. The normalized spacial score (nSPS) is 10.4. The molecule has 2 heterocycles. The number of hydrogen-bond donors (Lipinski definition) is 1. The molecule has 0 radical (unpaired) electrons. The molecule has 0 atom stereocenters. The summed E-state index contributed by atoms with van der Waals surface area (Å²) in [6, 6.07) is 13.5. The largest absolute Gasteiger partial charge is 0.419 e. The minimum atomic E-state index is -0.0463.